The van der Waals surface area contributed by atoms with Crippen molar-refractivity contribution in [3.05, 3.63) is 12.7 Å². The number of hydrogen-bond acceptors (Lipinski definition) is 3. The monoisotopic (exact) mass is 169 g/mol. The first-order valence-corrected chi connectivity index (χ1v) is 4.22. The Balaban J connectivity index is 2.37. The Morgan fingerprint density at radius 1 is 1.75 bits per heavy atom. The molecular formula is C9H15NO2. The van der Waals surface area contributed by atoms with E-state index in [1.165, 1.54) is 0 Å². The first-order chi connectivity index (χ1) is 5.72. The molecule has 1 fully saturated rings. The third-order valence-electron chi connectivity index (χ3n) is 2.19. The van der Waals surface area contributed by atoms with E-state index in [9.17, 15) is 4.79 Å². The van der Waals surface area contributed by atoms with Crippen molar-refractivity contribution in [2.45, 2.75) is 13.3 Å². The summed E-state index contributed by atoms with van der Waals surface area (Å²) in [6, 6.07) is 0. The maximum Gasteiger partial charge on any atom is 0.306 e. The Morgan fingerprint density at radius 2 is 2.42 bits per heavy atom. The summed E-state index contributed by atoms with van der Waals surface area (Å²) in [6.07, 6.45) is 2.30. The Bertz CT molecular complexity index is 185. The Kier molecular flexibility index (Phi) is 2.87. The molecule has 1 aliphatic heterocycles. The molecule has 3 heteroatoms. The van der Waals surface area contributed by atoms with Crippen LogP contribution in [0.1, 0.15) is 13.3 Å². The van der Waals surface area contributed by atoms with Crippen LogP contribution in [0.3, 0.4) is 0 Å². The average molecular weight is 169 g/mol. The lowest BCUT2D eigenvalue weighted by Crippen LogP contribution is -2.53. The molecule has 0 atom stereocenters. The number of ether oxygens (including phenoxy) is 1. The van der Waals surface area contributed by atoms with Crippen molar-refractivity contribution in [3.63, 3.8) is 0 Å². The van der Waals surface area contributed by atoms with Crippen molar-refractivity contribution in [1.82, 2.24) is 5.32 Å². The number of carbonyl (C=O) groups excluding carboxylic acids is 1. The Labute approximate surface area is 72.8 Å². The fourth-order valence-electron chi connectivity index (χ4n) is 1.29. The minimum Gasteiger partial charge on any atom is -0.466 e. The summed E-state index contributed by atoms with van der Waals surface area (Å²) < 4.78 is 4.86. The Hall–Kier alpha value is -0.830. The van der Waals surface area contributed by atoms with E-state index < -0.39 is 0 Å². The van der Waals surface area contributed by atoms with Gasteiger partial charge in [-0.1, -0.05) is 6.08 Å². The molecule has 0 aliphatic carbocycles. The molecule has 0 aromatic carbocycles. The highest BCUT2D eigenvalue weighted by Crippen LogP contribution is 2.28. The standard InChI is InChI=1S/C9H15NO2/c1-3-9(6-10-7-9)5-8(11)12-4-2/h3,10H,1,4-7H2,2H3. The molecule has 0 aromatic rings. The van der Waals surface area contributed by atoms with Gasteiger partial charge in [-0.15, -0.1) is 6.58 Å². The molecule has 1 saturated heterocycles. The van der Waals surface area contributed by atoms with Crippen molar-refractivity contribution < 1.29 is 9.53 Å². The van der Waals surface area contributed by atoms with Crippen molar-refractivity contribution in [2.24, 2.45) is 5.41 Å². The normalized spacial score (nSPS) is 19.4. The summed E-state index contributed by atoms with van der Waals surface area (Å²) in [7, 11) is 0. The molecule has 0 spiro atoms. The number of hydrogen-bond donors (Lipinski definition) is 1. The van der Waals surface area contributed by atoms with Gasteiger partial charge >= 0.3 is 5.97 Å². The second kappa shape index (κ2) is 3.72. The molecule has 1 heterocycles. The predicted octanol–water partition coefficient (Wildman–Crippen LogP) is 0.715. The van der Waals surface area contributed by atoms with Crippen LogP contribution in [0.25, 0.3) is 0 Å². The van der Waals surface area contributed by atoms with Crippen LogP contribution in [0.15, 0.2) is 12.7 Å². The zero-order valence-electron chi connectivity index (χ0n) is 7.43. The van der Waals surface area contributed by atoms with Gasteiger partial charge in [-0.05, 0) is 6.92 Å². The van der Waals surface area contributed by atoms with Gasteiger partial charge in [0.05, 0.1) is 13.0 Å². The van der Waals surface area contributed by atoms with E-state index in [-0.39, 0.29) is 11.4 Å². The van der Waals surface area contributed by atoms with Gasteiger partial charge in [-0.3, -0.25) is 4.79 Å². The summed E-state index contributed by atoms with van der Waals surface area (Å²) in [5.41, 5.74) is -0.0355. The van der Waals surface area contributed by atoms with Gasteiger partial charge in [-0.25, -0.2) is 0 Å². The smallest absolute Gasteiger partial charge is 0.306 e. The highest BCUT2D eigenvalue weighted by Gasteiger charge is 2.36. The van der Waals surface area contributed by atoms with E-state index in [1.54, 1.807) is 0 Å². The summed E-state index contributed by atoms with van der Waals surface area (Å²) in [6.45, 7) is 7.68. The third-order valence-corrected chi connectivity index (χ3v) is 2.19. The van der Waals surface area contributed by atoms with Crippen LogP contribution >= 0.6 is 0 Å². The van der Waals surface area contributed by atoms with Gasteiger partial charge in [-0.2, -0.15) is 0 Å². The highest BCUT2D eigenvalue weighted by atomic mass is 16.5. The van der Waals surface area contributed by atoms with E-state index in [1.807, 2.05) is 13.0 Å². The molecule has 0 saturated carbocycles. The molecular weight excluding hydrogens is 154 g/mol. The van der Waals surface area contributed by atoms with Gasteiger partial charge < -0.3 is 10.1 Å². The predicted molar refractivity (Wildman–Crippen MR) is 46.7 cm³/mol. The number of esters is 1. The van der Waals surface area contributed by atoms with E-state index in [0.29, 0.717) is 13.0 Å². The summed E-state index contributed by atoms with van der Waals surface area (Å²) in [5, 5.41) is 3.12. The van der Waals surface area contributed by atoms with Crippen molar-refractivity contribution in [3.8, 4) is 0 Å². The zero-order chi connectivity index (χ0) is 9.03. The van der Waals surface area contributed by atoms with Gasteiger partial charge in [0.2, 0.25) is 0 Å². The number of nitrogens with one attached hydrogen (secondary N) is 1. The van der Waals surface area contributed by atoms with Gasteiger partial charge in [0.1, 0.15) is 0 Å². The Morgan fingerprint density at radius 3 is 2.75 bits per heavy atom. The molecule has 3 nitrogen and oxygen atoms in total. The number of carbonyl (C=O) groups is 1. The molecule has 0 radical (unpaired) electrons. The van der Waals surface area contributed by atoms with Crippen LogP contribution in [-0.2, 0) is 9.53 Å². The average Bonchev–Trinajstić information content (AvgIpc) is 1.97. The molecule has 0 bridgehead atoms. The second-order valence-corrected chi connectivity index (χ2v) is 3.15. The van der Waals surface area contributed by atoms with Gasteiger partial charge in [0, 0.05) is 18.5 Å². The van der Waals surface area contributed by atoms with Crippen LogP contribution in [0.5, 0.6) is 0 Å². The molecule has 0 aromatic heterocycles. The minimum atomic E-state index is -0.126. The highest BCUT2D eigenvalue weighted by molar-refractivity contribution is 5.71. The minimum absolute atomic E-state index is 0.0355. The van der Waals surface area contributed by atoms with Crippen LogP contribution < -0.4 is 5.32 Å². The maximum absolute atomic E-state index is 11.1. The van der Waals surface area contributed by atoms with Gasteiger partial charge in [0.25, 0.3) is 0 Å². The van der Waals surface area contributed by atoms with E-state index in [4.69, 9.17) is 4.74 Å². The summed E-state index contributed by atoms with van der Waals surface area (Å²) in [5.74, 6) is -0.126. The maximum atomic E-state index is 11.1. The number of rotatable bonds is 4. The zero-order valence-corrected chi connectivity index (χ0v) is 7.43. The topological polar surface area (TPSA) is 38.3 Å². The second-order valence-electron chi connectivity index (χ2n) is 3.15. The van der Waals surface area contributed by atoms with Crippen molar-refractivity contribution >= 4 is 5.97 Å². The molecule has 12 heavy (non-hydrogen) atoms. The molecule has 1 aliphatic rings. The lowest BCUT2D eigenvalue weighted by molar-refractivity contribution is -0.145. The van der Waals surface area contributed by atoms with Crippen LogP contribution in [0, 0.1) is 5.41 Å². The molecule has 68 valence electrons. The molecule has 0 amide bonds. The van der Waals surface area contributed by atoms with Crippen LogP contribution in [-0.4, -0.2) is 25.7 Å². The van der Waals surface area contributed by atoms with Crippen LogP contribution in [0.4, 0.5) is 0 Å². The quantitative estimate of drug-likeness (QED) is 0.497. The van der Waals surface area contributed by atoms with E-state index in [0.717, 1.165) is 13.1 Å². The first-order valence-electron chi connectivity index (χ1n) is 4.22. The molecule has 0 unspecified atom stereocenters. The van der Waals surface area contributed by atoms with E-state index >= 15 is 0 Å². The van der Waals surface area contributed by atoms with E-state index in [2.05, 4.69) is 11.9 Å². The third kappa shape index (κ3) is 1.85. The van der Waals surface area contributed by atoms with Crippen molar-refractivity contribution in [1.29, 1.82) is 0 Å². The summed E-state index contributed by atoms with van der Waals surface area (Å²) in [4.78, 5) is 11.1. The lowest BCUT2D eigenvalue weighted by Gasteiger charge is -2.39. The fraction of sp³-hybridized carbons (Fsp3) is 0.667. The lowest BCUT2D eigenvalue weighted by atomic mass is 9.79. The first kappa shape index (κ1) is 9.26. The van der Waals surface area contributed by atoms with Crippen LogP contribution in [0.2, 0.25) is 0 Å². The van der Waals surface area contributed by atoms with Crippen molar-refractivity contribution in [2.75, 3.05) is 19.7 Å². The fourth-order valence-corrected chi connectivity index (χ4v) is 1.29. The molecule has 1 N–H and O–H groups in total. The largest absolute Gasteiger partial charge is 0.466 e. The SMILES string of the molecule is C=CC1(CC(=O)OCC)CNC1. The summed E-state index contributed by atoms with van der Waals surface area (Å²) >= 11 is 0. The van der Waals surface area contributed by atoms with Gasteiger partial charge in [0.15, 0.2) is 0 Å². The molecule has 1 rings (SSSR count).